The predicted octanol–water partition coefficient (Wildman–Crippen LogP) is 4.23. The Morgan fingerprint density at radius 1 is 1.12 bits per heavy atom. The maximum absolute atomic E-state index is 5.73. The Hall–Kier alpha value is -2.73. The second-order valence-corrected chi connectivity index (χ2v) is 6.78. The summed E-state index contributed by atoms with van der Waals surface area (Å²) >= 11 is 1.62. The van der Waals surface area contributed by atoms with Gasteiger partial charge in [-0.3, -0.25) is 0 Å². The highest BCUT2D eigenvalue weighted by molar-refractivity contribution is 7.13. The Balaban J connectivity index is 1.61. The first-order valence-electron chi connectivity index (χ1n) is 8.42. The summed E-state index contributed by atoms with van der Waals surface area (Å²) in [6.07, 6.45) is 0. The number of benzene rings is 2. The molecule has 6 heteroatoms. The first kappa shape index (κ1) is 16.7. The van der Waals surface area contributed by atoms with Crippen molar-refractivity contribution in [2.75, 3.05) is 32.3 Å². The molecule has 0 saturated carbocycles. The van der Waals surface area contributed by atoms with Gasteiger partial charge in [-0.15, -0.1) is 11.3 Å². The highest BCUT2D eigenvalue weighted by atomic mass is 32.1. The Morgan fingerprint density at radius 2 is 2.00 bits per heavy atom. The number of methoxy groups -OCH3 is 2. The van der Waals surface area contributed by atoms with Crippen molar-refractivity contribution in [3.8, 4) is 27.8 Å². The number of nitrogens with zero attached hydrogens (tertiary/aromatic N) is 2. The molecule has 3 aromatic rings. The van der Waals surface area contributed by atoms with Gasteiger partial charge in [0.2, 0.25) is 0 Å². The van der Waals surface area contributed by atoms with Gasteiger partial charge in [-0.25, -0.2) is 4.98 Å². The molecular formula is C20H20N2O3S. The minimum absolute atomic E-state index is 0.692. The Kier molecular flexibility index (Phi) is 4.67. The van der Waals surface area contributed by atoms with E-state index in [1.54, 1.807) is 25.6 Å². The molecule has 0 radical (unpaired) electrons. The van der Waals surface area contributed by atoms with Crippen molar-refractivity contribution in [1.29, 1.82) is 0 Å². The van der Waals surface area contributed by atoms with Gasteiger partial charge in [0, 0.05) is 5.38 Å². The summed E-state index contributed by atoms with van der Waals surface area (Å²) < 4.78 is 16.7. The molecule has 5 nitrogen and oxygen atoms in total. The maximum atomic E-state index is 5.73. The van der Waals surface area contributed by atoms with Crippen molar-refractivity contribution in [1.82, 2.24) is 4.98 Å². The van der Waals surface area contributed by atoms with Crippen molar-refractivity contribution < 1.29 is 14.2 Å². The third-order valence-corrected chi connectivity index (χ3v) is 5.29. The molecule has 0 saturated heterocycles. The molecular weight excluding hydrogens is 348 g/mol. The van der Waals surface area contributed by atoms with Gasteiger partial charge in [0.05, 0.1) is 44.3 Å². The molecule has 0 amide bonds. The van der Waals surface area contributed by atoms with Gasteiger partial charge in [-0.2, -0.15) is 0 Å². The van der Waals surface area contributed by atoms with Gasteiger partial charge in [-0.05, 0) is 24.3 Å². The van der Waals surface area contributed by atoms with Crippen LogP contribution in [0.2, 0.25) is 0 Å². The highest BCUT2D eigenvalue weighted by Gasteiger charge is 2.20. The van der Waals surface area contributed by atoms with Crippen molar-refractivity contribution in [2.45, 2.75) is 6.54 Å². The quantitative estimate of drug-likeness (QED) is 0.674. The maximum Gasteiger partial charge on any atom is 0.170 e. The van der Waals surface area contributed by atoms with Crippen LogP contribution in [0.15, 0.2) is 47.8 Å². The topological polar surface area (TPSA) is 43.8 Å². The lowest BCUT2D eigenvalue weighted by molar-refractivity contribution is 0.306. The second kappa shape index (κ2) is 7.25. The first-order valence-corrected chi connectivity index (χ1v) is 9.30. The number of ether oxygens (including phenoxy) is 3. The summed E-state index contributed by atoms with van der Waals surface area (Å²) in [5, 5.41) is 3.03. The van der Waals surface area contributed by atoms with Gasteiger partial charge >= 0.3 is 0 Å². The van der Waals surface area contributed by atoms with Crippen molar-refractivity contribution in [3.05, 3.63) is 53.5 Å². The van der Waals surface area contributed by atoms with Crippen molar-refractivity contribution in [3.63, 3.8) is 0 Å². The van der Waals surface area contributed by atoms with E-state index >= 15 is 0 Å². The summed E-state index contributed by atoms with van der Waals surface area (Å²) in [6.45, 7) is 2.30. The molecule has 1 aromatic heterocycles. The Morgan fingerprint density at radius 3 is 2.85 bits per heavy atom. The minimum Gasteiger partial charge on any atom is -0.493 e. The molecule has 134 valence electrons. The van der Waals surface area contributed by atoms with Crippen molar-refractivity contribution in [2.24, 2.45) is 0 Å². The van der Waals surface area contributed by atoms with Crippen LogP contribution in [0.5, 0.6) is 17.2 Å². The number of para-hydroxylation sites is 3. The van der Waals surface area contributed by atoms with E-state index in [0.717, 1.165) is 40.8 Å². The lowest BCUT2D eigenvalue weighted by Crippen LogP contribution is -2.32. The Bertz CT molecular complexity index is 910. The monoisotopic (exact) mass is 368 g/mol. The lowest BCUT2D eigenvalue weighted by atomic mass is 10.2. The summed E-state index contributed by atoms with van der Waals surface area (Å²) in [5.74, 6) is 2.36. The third-order valence-electron chi connectivity index (χ3n) is 4.36. The number of hydrogen-bond donors (Lipinski definition) is 0. The number of aromatic nitrogens is 1. The number of anilines is 1. The molecule has 2 heterocycles. The second-order valence-electron chi connectivity index (χ2n) is 5.92. The number of rotatable bonds is 5. The van der Waals surface area contributed by atoms with Crippen LogP contribution in [0.1, 0.15) is 5.69 Å². The third kappa shape index (κ3) is 3.08. The van der Waals surface area contributed by atoms with Gasteiger partial charge in [0.25, 0.3) is 0 Å². The highest BCUT2D eigenvalue weighted by Crippen LogP contribution is 2.39. The van der Waals surface area contributed by atoms with Crippen LogP contribution in [0.3, 0.4) is 0 Å². The van der Waals surface area contributed by atoms with Crippen LogP contribution < -0.4 is 19.1 Å². The number of thiazole rings is 1. The van der Waals surface area contributed by atoms with Gasteiger partial charge in [-0.1, -0.05) is 18.2 Å². The van der Waals surface area contributed by atoms with Crippen LogP contribution >= 0.6 is 11.3 Å². The molecule has 4 rings (SSSR count). The molecule has 0 spiro atoms. The van der Waals surface area contributed by atoms with Gasteiger partial charge in [0.15, 0.2) is 11.5 Å². The van der Waals surface area contributed by atoms with E-state index in [1.165, 1.54) is 0 Å². The average molecular weight is 368 g/mol. The molecule has 0 atom stereocenters. The lowest BCUT2D eigenvalue weighted by Gasteiger charge is -2.30. The smallest absolute Gasteiger partial charge is 0.170 e. The van der Waals surface area contributed by atoms with E-state index in [0.29, 0.717) is 18.1 Å². The molecule has 0 aliphatic carbocycles. The zero-order valence-electron chi connectivity index (χ0n) is 14.8. The van der Waals surface area contributed by atoms with Crippen LogP contribution in [0.4, 0.5) is 5.69 Å². The molecule has 0 bridgehead atoms. The van der Waals surface area contributed by atoms with Gasteiger partial charge in [0.1, 0.15) is 17.4 Å². The standard InChI is InChI=1S/C20H20N2O3S/c1-23-18-9-5-6-15(19(18)24-2)20-21-14(13-26-20)12-22-10-11-25-17-8-4-3-7-16(17)22/h3-9,13H,10-12H2,1-2H3. The SMILES string of the molecule is COc1cccc(-c2nc(CN3CCOc4ccccc43)cs2)c1OC. The van der Waals surface area contributed by atoms with Gasteiger partial charge < -0.3 is 19.1 Å². The zero-order valence-corrected chi connectivity index (χ0v) is 15.6. The Labute approximate surface area is 156 Å². The summed E-state index contributed by atoms with van der Waals surface area (Å²) in [6, 6.07) is 14.0. The fourth-order valence-electron chi connectivity index (χ4n) is 3.15. The molecule has 1 aliphatic rings. The molecule has 2 aromatic carbocycles. The van der Waals surface area contributed by atoms with E-state index in [-0.39, 0.29) is 0 Å². The minimum atomic E-state index is 0.692. The van der Waals surface area contributed by atoms with E-state index in [2.05, 4.69) is 16.3 Å². The number of hydrogen-bond acceptors (Lipinski definition) is 6. The van der Waals surface area contributed by atoms with Crippen LogP contribution in [-0.4, -0.2) is 32.4 Å². The van der Waals surface area contributed by atoms with E-state index in [1.807, 2.05) is 36.4 Å². The zero-order chi connectivity index (χ0) is 17.9. The average Bonchev–Trinajstić information content (AvgIpc) is 3.16. The predicted molar refractivity (Wildman–Crippen MR) is 104 cm³/mol. The van der Waals surface area contributed by atoms with E-state index < -0.39 is 0 Å². The van der Waals surface area contributed by atoms with Crippen LogP contribution in [0, 0.1) is 0 Å². The molecule has 1 aliphatic heterocycles. The molecule has 0 unspecified atom stereocenters. The molecule has 26 heavy (non-hydrogen) atoms. The van der Waals surface area contributed by atoms with Crippen LogP contribution in [0.25, 0.3) is 10.6 Å². The molecule has 0 N–H and O–H groups in total. The largest absolute Gasteiger partial charge is 0.493 e. The first-order chi connectivity index (χ1) is 12.8. The van der Waals surface area contributed by atoms with E-state index in [9.17, 15) is 0 Å². The summed E-state index contributed by atoms with van der Waals surface area (Å²) in [5.41, 5.74) is 3.10. The number of fused-ring (bicyclic) bond motifs is 1. The normalized spacial score (nSPS) is 13.1. The summed E-state index contributed by atoms with van der Waals surface area (Å²) in [7, 11) is 3.30. The fourth-order valence-corrected chi connectivity index (χ4v) is 3.98. The fraction of sp³-hybridized carbons (Fsp3) is 0.250. The summed E-state index contributed by atoms with van der Waals surface area (Å²) in [4.78, 5) is 7.14. The molecule has 0 fully saturated rings. The van der Waals surface area contributed by atoms with E-state index in [4.69, 9.17) is 19.2 Å². The van der Waals surface area contributed by atoms with Crippen LogP contribution in [-0.2, 0) is 6.54 Å². The van der Waals surface area contributed by atoms with Crippen molar-refractivity contribution >= 4 is 17.0 Å².